The summed E-state index contributed by atoms with van der Waals surface area (Å²) in [6.45, 7) is 2.24. The van der Waals surface area contributed by atoms with E-state index in [4.69, 9.17) is 9.47 Å². The lowest BCUT2D eigenvalue weighted by Crippen LogP contribution is -2.37. The van der Waals surface area contributed by atoms with Crippen LogP contribution in [0.5, 0.6) is 0 Å². The number of hydrogen-bond acceptors (Lipinski definition) is 2. The average Bonchev–Trinajstić information content (AvgIpc) is 2.65. The predicted octanol–water partition coefficient (Wildman–Crippen LogP) is 5.91. The maximum atomic E-state index is 14.8. The smallest absolute Gasteiger partial charge is 0.167 e. The van der Waals surface area contributed by atoms with E-state index < -0.39 is 17.4 Å². The molecule has 2 saturated carbocycles. The number of ether oxygens (including phenoxy) is 2. The van der Waals surface area contributed by atoms with Gasteiger partial charge in [0.1, 0.15) is 0 Å². The normalized spacial score (nSPS) is 27.4. The minimum absolute atomic E-state index is 0.0355. The van der Waals surface area contributed by atoms with Gasteiger partial charge in [-0.25, -0.2) is 8.78 Å². The van der Waals surface area contributed by atoms with Crippen LogP contribution in [0.25, 0.3) is 0 Å². The van der Waals surface area contributed by atoms with E-state index in [1.54, 1.807) is 14.2 Å². The van der Waals surface area contributed by atoms with E-state index in [-0.39, 0.29) is 11.8 Å². The van der Waals surface area contributed by atoms with Crippen LogP contribution in [0.2, 0.25) is 0 Å². The first-order chi connectivity index (χ1) is 12.0. The Morgan fingerprint density at radius 2 is 1.24 bits per heavy atom. The molecule has 0 amide bonds. The second kappa shape index (κ2) is 7.71. The fourth-order valence-electron chi connectivity index (χ4n) is 4.64. The van der Waals surface area contributed by atoms with Crippen LogP contribution in [-0.2, 0) is 9.47 Å². The zero-order valence-electron chi connectivity index (χ0n) is 15.6. The van der Waals surface area contributed by atoms with Gasteiger partial charge in [-0.2, -0.15) is 0 Å². The molecule has 2 aliphatic carbocycles. The molecule has 1 aromatic rings. The first-order valence-electron chi connectivity index (χ1n) is 9.57. The van der Waals surface area contributed by atoms with Crippen molar-refractivity contribution in [1.29, 1.82) is 0 Å². The lowest BCUT2D eigenvalue weighted by molar-refractivity contribution is -0.224. The topological polar surface area (TPSA) is 18.5 Å². The predicted molar refractivity (Wildman–Crippen MR) is 94.7 cm³/mol. The van der Waals surface area contributed by atoms with Gasteiger partial charge >= 0.3 is 0 Å². The van der Waals surface area contributed by atoms with Gasteiger partial charge in [-0.05, 0) is 54.6 Å². The molecule has 25 heavy (non-hydrogen) atoms. The minimum Gasteiger partial charge on any atom is -0.353 e. The number of halogens is 2. The van der Waals surface area contributed by atoms with Gasteiger partial charge < -0.3 is 9.47 Å². The quantitative estimate of drug-likeness (QED) is 0.628. The molecule has 0 atom stereocenters. The van der Waals surface area contributed by atoms with Crippen LogP contribution < -0.4 is 0 Å². The summed E-state index contributed by atoms with van der Waals surface area (Å²) in [5, 5.41) is 0. The van der Waals surface area contributed by atoms with E-state index >= 15 is 0 Å². The molecule has 0 bridgehead atoms. The van der Waals surface area contributed by atoms with E-state index in [0.29, 0.717) is 29.9 Å². The summed E-state index contributed by atoms with van der Waals surface area (Å²) in [7, 11) is 3.29. The highest BCUT2D eigenvalue weighted by molar-refractivity contribution is 5.32. The van der Waals surface area contributed by atoms with Crippen LogP contribution in [0.4, 0.5) is 8.78 Å². The summed E-state index contributed by atoms with van der Waals surface area (Å²) < 4.78 is 40.5. The summed E-state index contributed by atoms with van der Waals surface area (Å²) in [4.78, 5) is 0. The molecule has 2 nitrogen and oxygen atoms in total. The van der Waals surface area contributed by atoms with Crippen LogP contribution in [0.1, 0.15) is 81.3 Å². The summed E-state index contributed by atoms with van der Waals surface area (Å²) in [5.41, 5.74) is 1.10. The summed E-state index contributed by atoms with van der Waals surface area (Å²) in [5.74, 6) is -0.915. The SMILES string of the molecule is COC1(OC)CCC(c2ccc(C3CCC(C)CC3)c(F)c2F)CC1. The Bertz CT molecular complexity index is 580. The molecule has 2 aliphatic rings. The van der Waals surface area contributed by atoms with Gasteiger partial charge in [-0.1, -0.05) is 31.9 Å². The van der Waals surface area contributed by atoms with Crippen LogP contribution in [0.3, 0.4) is 0 Å². The first kappa shape index (κ1) is 18.8. The molecule has 0 unspecified atom stereocenters. The van der Waals surface area contributed by atoms with Gasteiger partial charge in [0.25, 0.3) is 0 Å². The van der Waals surface area contributed by atoms with Crippen molar-refractivity contribution in [3.63, 3.8) is 0 Å². The number of methoxy groups -OCH3 is 2. The molecule has 140 valence electrons. The van der Waals surface area contributed by atoms with Crippen LogP contribution in [0.15, 0.2) is 12.1 Å². The molecule has 0 spiro atoms. The Balaban J connectivity index is 1.75. The number of hydrogen-bond donors (Lipinski definition) is 0. The monoisotopic (exact) mass is 352 g/mol. The maximum Gasteiger partial charge on any atom is 0.167 e. The molecule has 4 heteroatoms. The molecular weight excluding hydrogens is 322 g/mol. The molecule has 0 saturated heterocycles. The molecule has 0 radical (unpaired) electrons. The fraction of sp³-hybridized carbons (Fsp3) is 0.714. The maximum absolute atomic E-state index is 14.8. The zero-order valence-corrected chi connectivity index (χ0v) is 15.6. The van der Waals surface area contributed by atoms with E-state index in [1.165, 1.54) is 0 Å². The van der Waals surface area contributed by atoms with E-state index in [0.717, 1.165) is 38.5 Å². The first-order valence-corrected chi connectivity index (χ1v) is 9.57. The van der Waals surface area contributed by atoms with Crippen LogP contribution in [0, 0.1) is 17.6 Å². The van der Waals surface area contributed by atoms with E-state index in [2.05, 4.69) is 6.92 Å². The van der Waals surface area contributed by atoms with Crippen molar-refractivity contribution in [1.82, 2.24) is 0 Å². The van der Waals surface area contributed by atoms with Gasteiger partial charge in [0.2, 0.25) is 0 Å². The highest BCUT2D eigenvalue weighted by Gasteiger charge is 2.37. The van der Waals surface area contributed by atoms with Crippen molar-refractivity contribution in [3.05, 3.63) is 34.9 Å². The molecule has 0 heterocycles. The second-order valence-electron chi connectivity index (χ2n) is 7.92. The molecule has 2 fully saturated rings. The molecule has 0 aromatic heterocycles. The highest BCUT2D eigenvalue weighted by Crippen LogP contribution is 2.43. The van der Waals surface area contributed by atoms with Crippen LogP contribution >= 0.6 is 0 Å². The molecule has 3 rings (SSSR count). The van der Waals surface area contributed by atoms with Crippen molar-refractivity contribution in [2.75, 3.05) is 14.2 Å². The van der Waals surface area contributed by atoms with E-state index in [9.17, 15) is 8.78 Å². The third-order valence-corrected chi connectivity index (χ3v) is 6.53. The molecule has 0 N–H and O–H groups in total. The van der Waals surface area contributed by atoms with Crippen molar-refractivity contribution >= 4 is 0 Å². The van der Waals surface area contributed by atoms with Crippen LogP contribution in [-0.4, -0.2) is 20.0 Å². The zero-order chi connectivity index (χ0) is 18.0. The Labute approximate surface area is 149 Å². The Morgan fingerprint density at radius 3 is 1.68 bits per heavy atom. The van der Waals surface area contributed by atoms with E-state index in [1.807, 2.05) is 12.1 Å². The Kier molecular flexibility index (Phi) is 5.79. The fourth-order valence-corrected chi connectivity index (χ4v) is 4.64. The summed E-state index contributed by atoms with van der Waals surface area (Å²) in [6, 6.07) is 3.66. The minimum atomic E-state index is -0.636. The van der Waals surface area contributed by atoms with Crippen molar-refractivity contribution < 1.29 is 18.3 Å². The third kappa shape index (κ3) is 3.75. The largest absolute Gasteiger partial charge is 0.353 e. The number of benzene rings is 1. The van der Waals surface area contributed by atoms with Crippen molar-refractivity contribution in [3.8, 4) is 0 Å². The summed E-state index contributed by atoms with van der Waals surface area (Å²) in [6.07, 6.45) is 7.03. The van der Waals surface area contributed by atoms with Gasteiger partial charge in [-0.15, -0.1) is 0 Å². The summed E-state index contributed by atoms with van der Waals surface area (Å²) >= 11 is 0. The second-order valence-corrected chi connectivity index (χ2v) is 7.92. The lowest BCUT2D eigenvalue weighted by atomic mass is 9.77. The van der Waals surface area contributed by atoms with Gasteiger partial charge in [0, 0.05) is 27.1 Å². The Hall–Kier alpha value is -1.00. The van der Waals surface area contributed by atoms with Gasteiger partial charge in [0.05, 0.1) is 0 Å². The molecule has 0 aliphatic heterocycles. The van der Waals surface area contributed by atoms with Gasteiger partial charge in [-0.3, -0.25) is 0 Å². The van der Waals surface area contributed by atoms with Crippen molar-refractivity contribution in [2.24, 2.45) is 5.92 Å². The lowest BCUT2D eigenvalue weighted by Gasteiger charge is -2.38. The molecule has 1 aromatic carbocycles. The Morgan fingerprint density at radius 1 is 0.800 bits per heavy atom. The average molecular weight is 352 g/mol. The molecular formula is C21H30F2O2. The number of rotatable bonds is 4. The highest BCUT2D eigenvalue weighted by atomic mass is 19.2. The third-order valence-electron chi connectivity index (χ3n) is 6.53. The standard InChI is InChI=1S/C21H30F2O2/c1-14-4-6-15(7-5-14)17-8-9-18(20(23)19(17)22)16-10-12-21(24-2,25-3)13-11-16/h8-9,14-16H,4-7,10-13H2,1-3H3. The van der Waals surface area contributed by atoms with Crippen molar-refractivity contribution in [2.45, 2.75) is 75.9 Å². The van der Waals surface area contributed by atoms with Gasteiger partial charge in [0.15, 0.2) is 17.4 Å².